The van der Waals surface area contributed by atoms with Gasteiger partial charge in [-0.3, -0.25) is 4.79 Å². The molecule has 1 N–H and O–H groups in total. The summed E-state index contributed by atoms with van der Waals surface area (Å²) in [5.74, 6) is 0. The van der Waals surface area contributed by atoms with Crippen molar-refractivity contribution in [3.05, 3.63) is 33.7 Å². The number of nitrogens with one attached hydrogen (secondary N) is 1. The number of hydrogen-bond donors (Lipinski definition) is 1. The van der Waals surface area contributed by atoms with E-state index in [-0.39, 0.29) is 5.56 Å². The van der Waals surface area contributed by atoms with Gasteiger partial charge >= 0.3 is 0 Å². The van der Waals surface area contributed by atoms with E-state index in [1.165, 1.54) is 4.68 Å². The van der Waals surface area contributed by atoms with E-state index in [9.17, 15) is 4.79 Å². The SMILES string of the molecule is C=CCn1ncc(NCC(C)N(C)C)c(Br)c1=O. The summed E-state index contributed by atoms with van der Waals surface area (Å²) in [6, 6.07) is 0.368. The van der Waals surface area contributed by atoms with E-state index in [4.69, 9.17) is 0 Å². The van der Waals surface area contributed by atoms with Gasteiger partial charge in [-0.15, -0.1) is 6.58 Å². The first-order valence-electron chi connectivity index (χ1n) is 5.74. The summed E-state index contributed by atoms with van der Waals surface area (Å²) in [4.78, 5) is 14.0. The molecule has 1 aromatic rings. The van der Waals surface area contributed by atoms with Crippen LogP contribution in [0.3, 0.4) is 0 Å². The Bertz CT molecular complexity index is 470. The maximum atomic E-state index is 11.9. The fraction of sp³-hybridized carbons (Fsp3) is 0.500. The van der Waals surface area contributed by atoms with Crippen LogP contribution in [0.2, 0.25) is 0 Å². The first-order chi connectivity index (χ1) is 8.47. The standard InChI is InChI=1S/C12H19BrN4O/c1-5-6-17-12(18)11(13)10(8-15-17)14-7-9(2)16(3)4/h5,8-9,14H,1,6-7H2,2-4H3. The molecule has 0 saturated heterocycles. The molecule has 0 fully saturated rings. The van der Waals surface area contributed by atoms with Crippen molar-refractivity contribution in [2.24, 2.45) is 0 Å². The number of anilines is 1. The van der Waals surface area contributed by atoms with Gasteiger partial charge in [0.1, 0.15) is 4.47 Å². The summed E-state index contributed by atoms with van der Waals surface area (Å²) in [7, 11) is 4.03. The van der Waals surface area contributed by atoms with E-state index in [0.29, 0.717) is 22.7 Å². The first-order valence-corrected chi connectivity index (χ1v) is 6.53. The zero-order valence-electron chi connectivity index (χ0n) is 11.0. The summed E-state index contributed by atoms with van der Waals surface area (Å²) < 4.78 is 1.86. The quantitative estimate of drug-likeness (QED) is 0.810. The first kappa shape index (κ1) is 14.9. The molecule has 0 amide bonds. The summed E-state index contributed by atoms with van der Waals surface area (Å²) in [5.41, 5.74) is 0.561. The van der Waals surface area contributed by atoms with E-state index in [1.807, 2.05) is 14.1 Å². The molecule has 5 nitrogen and oxygen atoms in total. The molecule has 0 aliphatic heterocycles. The fourth-order valence-corrected chi connectivity index (χ4v) is 1.73. The smallest absolute Gasteiger partial charge is 0.283 e. The van der Waals surface area contributed by atoms with Gasteiger partial charge in [-0.05, 0) is 36.9 Å². The summed E-state index contributed by atoms with van der Waals surface area (Å²) in [6.07, 6.45) is 3.29. The minimum Gasteiger partial charge on any atom is -0.381 e. The topological polar surface area (TPSA) is 50.2 Å². The maximum Gasteiger partial charge on any atom is 0.283 e. The molecule has 100 valence electrons. The van der Waals surface area contributed by atoms with E-state index in [1.54, 1.807) is 12.3 Å². The lowest BCUT2D eigenvalue weighted by Crippen LogP contribution is -2.32. The van der Waals surface area contributed by atoms with E-state index in [2.05, 4.69) is 44.7 Å². The Labute approximate surface area is 116 Å². The molecule has 1 atom stereocenters. The third-order valence-corrected chi connectivity index (χ3v) is 3.52. The number of aromatic nitrogens is 2. The zero-order chi connectivity index (χ0) is 13.7. The van der Waals surface area contributed by atoms with Gasteiger partial charge in [0.25, 0.3) is 5.56 Å². The lowest BCUT2D eigenvalue weighted by Gasteiger charge is -2.20. The molecular weight excluding hydrogens is 296 g/mol. The maximum absolute atomic E-state index is 11.9. The highest BCUT2D eigenvalue weighted by molar-refractivity contribution is 9.10. The zero-order valence-corrected chi connectivity index (χ0v) is 12.6. The van der Waals surface area contributed by atoms with Crippen LogP contribution in [0.1, 0.15) is 6.92 Å². The Kier molecular flexibility index (Phi) is 5.55. The minimum absolute atomic E-state index is 0.155. The van der Waals surface area contributed by atoms with Crippen LogP contribution in [0.15, 0.2) is 28.1 Å². The Morgan fingerprint density at radius 3 is 2.89 bits per heavy atom. The highest BCUT2D eigenvalue weighted by atomic mass is 79.9. The predicted molar refractivity (Wildman–Crippen MR) is 78.0 cm³/mol. The number of hydrogen-bond acceptors (Lipinski definition) is 4. The minimum atomic E-state index is -0.155. The van der Waals surface area contributed by atoms with Crippen LogP contribution < -0.4 is 10.9 Å². The lowest BCUT2D eigenvalue weighted by atomic mass is 10.3. The van der Waals surface area contributed by atoms with E-state index in [0.717, 1.165) is 6.54 Å². The second-order valence-electron chi connectivity index (χ2n) is 4.34. The van der Waals surface area contributed by atoms with Crippen molar-refractivity contribution in [1.29, 1.82) is 0 Å². The van der Waals surface area contributed by atoms with Crippen molar-refractivity contribution < 1.29 is 0 Å². The van der Waals surface area contributed by atoms with Gasteiger partial charge in [0.05, 0.1) is 18.4 Å². The average Bonchev–Trinajstić information content (AvgIpc) is 2.33. The molecule has 0 radical (unpaired) electrons. The van der Waals surface area contributed by atoms with Crippen molar-refractivity contribution in [2.75, 3.05) is 26.0 Å². The molecule has 1 rings (SSSR count). The van der Waals surface area contributed by atoms with Crippen LogP contribution in [-0.2, 0) is 6.54 Å². The van der Waals surface area contributed by atoms with Crippen LogP contribution in [0.25, 0.3) is 0 Å². The van der Waals surface area contributed by atoms with Crippen LogP contribution in [0.5, 0.6) is 0 Å². The van der Waals surface area contributed by atoms with Crippen molar-refractivity contribution >= 4 is 21.6 Å². The Morgan fingerprint density at radius 2 is 2.33 bits per heavy atom. The molecule has 0 aliphatic carbocycles. The van der Waals surface area contributed by atoms with Crippen LogP contribution >= 0.6 is 15.9 Å². The van der Waals surface area contributed by atoms with Crippen LogP contribution in [0, 0.1) is 0 Å². The molecule has 0 aliphatic rings. The van der Waals surface area contributed by atoms with Crippen molar-refractivity contribution in [3.63, 3.8) is 0 Å². The highest BCUT2D eigenvalue weighted by Crippen LogP contribution is 2.16. The molecule has 0 spiro atoms. The van der Waals surface area contributed by atoms with Crippen LogP contribution in [0.4, 0.5) is 5.69 Å². The summed E-state index contributed by atoms with van der Waals surface area (Å²) in [6.45, 7) is 6.85. The summed E-state index contributed by atoms with van der Waals surface area (Å²) >= 11 is 3.30. The van der Waals surface area contributed by atoms with E-state index >= 15 is 0 Å². The van der Waals surface area contributed by atoms with Gasteiger partial charge in [0.2, 0.25) is 0 Å². The van der Waals surface area contributed by atoms with Crippen molar-refractivity contribution in [1.82, 2.24) is 14.7 Å². The van der Waals surface area contributed by atoms with Crippen molar-refractivity contribution in [3.8, 4) is 0 Å². The highest BCUT2D eigenvalue weighted by Gasteiger charge is 2.10. The van der Waals surface area contributed by atoms with Gasteiger partial charge in [0, 0.05) is 12.6 Å². The Balaban J connectivity index is 2.82. The fourth-order valence-electron chi connectivity index (χ4n) is 1.28. The van der Waals surface area contributed by atoms with Gasteiger partial charge < -0.3 is 10.2 Å². The third-order valence-electron chi connectivity index (χ3n) is 2.76. The summed E-state index contributed by atoms with van der Waals surface area (Å²) in [5, 5.41) is 7.29. The molecular formula is C12H19BrN4O. The number of halogens is 1. The second kappa shape index (κ2) is 6.70. The molecule has 1 unspecified atom stereocenters. The second-order valence-corrected chi connectivity index (χ2v) is 5.13. The monoisotopic (exact) mass is 314 g/mol. The Hall–Kier alpha value is -1.14. The molecule has 0 bridgehead atoms. The van der Waals surface area contributed by atoms with Gasteiger partial charge in [0.15, 0.2) is 0 Å². The number of likely N-dealkylation sites (N-methyl/N-ethyl adjacent to an activating group) is 1. The average molecular weight is 315 g/mol. The number of nitrogens with zero attached hydrogens (tertiary/aromatic N) is 3. The van der Waals surface area contributed by atoms with Crippen LogP contribution in [-0.4, -0.2) is 41.4 Å². The molecule has 1 aromatic heterocycles. The largest absolute Gasteiger partial charge is 0.381 e. The van der Waals surface area contributed by atoms with Crippen molar-refractivity contribution in [2.45, 2.75) is 19.5 Å². The molecule has 18 heavy (non-hydrogen) atoms. The van der Waals surface area contributed by atoms with Gasteiger partial charge in [-0.1, -0.05) is 6.08 Å². The number of allylic oxidation sites excluding steroid dienone is 1. The Morgan fingerprint density at radius 1 is 1.67 bits per heavy atom. The van der Waals surface area contributed by atoms with Gasteiger partial charge in [-0.25, -0.2) is 4.68 Å². The van der Waals surface area contributed by atoms with Gasteiger partial charge in [-0.2, -0.15) is 5.10 Å². The molecule has 0 aromatic carbocycles. The number of rotatable bonds is 6. The normalized spacial score (nSPS) is 12.5. The van der Waals surface area contributed by atoms with E-state index < -0.39 is 0 Å². The lowest BCUT2D eigenvalue weighted by molar-refractivity contribution is 0.326. The predicted octanol–water partition coefficient (Wildman–Crippen LogP) is 1.55. The molecule has 1 heterocycles. The third kappa shape index (κ3) is 3.68. The molecule has 0 saturated carbocycles. The molecule has 6 heteroatoms.